The van der Waals surface area contributed by atoms with Crippen LogP contribution in [0.25, 0.3) is 0 Å². The van der Waals surface area contributed by atoms with E-state index in [4.69, 9.17) is 0 Å². The predicted molar refractivity (Wildman–Crippen MR) is 65.8 cm³/mol. The fourth-order valence-corrected chi connectivity index (χ4v) is 2.03. The zero-order valence-electron chi connectivity index (χ0n) is 9.32. The summed E-state index contributed by atoms with van der Waals surface area (Å²) in [6, 6.07) is 10.7. The largest absolute Gasteiger partial charge is 0.0837 e. The molecule has 0 radical (unpaired) electrons. The molecular weight excluding hydrogens is 180 g/mol. The standard InChI is InChI=1S/C15H18/c1-15(11-6-3-7-12-15)13-10-14-8-4-2-5-9-14/h2-9,11H,10,12-13H2,1H3. The Hall–Kier alpha value is -1.30. The molecule has 1 atom stereocenters. The predicted octanol–water partition coefficient (Wildman–Crippen LogP) is 4.14. The van der Waals surface area contributed by atoms with E-state index in [0.29, 0.717) is 5.41 Å². The molecule has 78 valence electrons. The molecule has 0 heterocycles. The van der Waals surface area contributed by atoms with Gasteiger partial charge in [-0.15, -0.1) is 0 Å². The maximum atomic E-state index is 2.34. The van der Waals surface area contributed by atoms with Gasteiger partial charge in [-0.25, -0.2) is 0 Å². The molecule has 0 fully saturated rings. The number of rotatable bonds is 3. The quantitative estimate of drug-likeness (QED) is 0.684. The molecule has 1 aliphatic rings. The summed E-state index contributed by atoms with van der Waals surface area (Å²) < 4.78 is 0. The molecule has 0 aromatic heterocycles. The van der Waals surface area contributed by atoms with Crippen LogP contribution in [0.3, 0.4) is 0 Å². The number of allylic oxidation sites excluding steroid dienone is 4. The van der Waals surface area contributed by atoms with Gasteiger partial charge in [0, 0.05) is 0 Å². The van der Waals surface area contributed by atoms with Crippen molar-refractivity contribution in [3.63, 3.8) is 0 Å². The summed E-state index contributed by atoms with van der Waals surface area (Å²) in [6.45, 7) is 2.34. The lowest BCUT2D eigenvalue weighted by atomic mass is 9.79. The average molecular weight is 198 g/mol. The zero-order chi connectivity index (χ0) is 10.6. The molecule has 1 aromatic rings. The molecule has 1 aliphatic carbocycles. The number of benzene rings is 1. The van der Waals surface area contributed by atoms with E-state index in [9.17, 15) is 0 Å². The minimum Gasteiger partial charge on any atom is -0.0837 e. The first kappa shape index (κ1) is 10.2. The van der Waals surface area contributed by atoms with Gasteiger partial charge in [0.05, 0.1) is 0 Å². The van der Waals surface area contributed by atoms with Crippen LogP contribution < -0.4 is 0 Å². The van der Waals surface area contributed by atoms with Crippen molar-refractivity contribution in [2.75, 3.05) is 0 Å². The molecule has 0 bridgehead atoms. The van der Waals surface area contributed by atoms with Gasteiger partial charge in [0.1, 0.15) is 0 Å². The van der Waals surface area contributed by atoms with Crippen molar-refractivity contribution in [1.29, 1.82) is 0 Å². The Labute approximate surface area is 92.3 Å². The molecule has 0 saturated heterocycles. The van der Waals surface area contributed by atoms with Gasteiger partial charge in [-0.2, -0.15) is 0 Å². The lowest BCUT2D eigenvalue weighted by Crippen LogP contribution is -2.14. The normalized spacial score (nSPS) is 24.3. The summed E-state index contributed by atoms with van der Waals surface area (Å²) in [5, 5.41) is 0. The minimum atomic E-state index is 0.366. The van der Waals surface area contributed by atoms with Gasteiger partial charge < -0.3 is 0 Å². The van der Waals surface area contributed by atoms with Crippen LogP contribution >= 0.6 is 0 Å². The van der Waals surface area contributed by atoms with Crippen molar-refractivity contribution >= 4 is 0 Å². The SMILES string of the molecule is CC1(CCc2ccccc2)C=CC=CC1. The van der Waals surface area contributed by atoms with Crippen molar-refractivity contribution in [2.45, 2.75) is 26.2 Å². The molecule has 0 spiro atoms. The van der Waals surface area contributed by atoms with Gasteiger partial charge in [-0.3, -0.25) is 0 Å². The van der Waals surface area contributed by atoms with Gasteiger partial charge >= 0.3 is 0 Å². The van der Waals surface area contributed by atoms with Crippen LogP contribution in [-0.2, 0) is 6.42 Å². The van der Waals surface area contributed by atoms with E-state index in [2.05, 4.69) is 61.6 Å². The summed E-state index contributed by atoms with van der Waals surface area (Å²) in [7, 11) is 0. The number of aryl methyl sites for hydroxylation is 1. The van der Waals surface area contributed by atoms with Gasteiger partial charge in [0.25, 0.3) is 0 Å². The zero-order valence-corrected chi connectivity index (χ0v) is 9.32. The van der Waals surface area contributed by atoms with Crippen LogP contribution in [0.4, 0.5) is 0 Å². The fraction of sp³-hybridized carbons (Fsp3) is 0.333. The summed E-state index contributed by atoms with van der Waals surface area (Å²) >= 11 is 0. The molecule has 0 N–H and O–H groups in total. The van der Waals surface area contributed by atoms with E-state index >= 15 is 0 Å². The molecule has 0 amide bonds. The van der Waals surface area contributed by atoms with Crippen molar-refractivity contribution < 1.29 is 0 Å². The molecule has 15 heavy (non-hydrogen) atoms. The third-order valence-corrected chi connectivity index (χ3v) is 3.16. The molecule has 0 heteroatoms. The van der Waals surface area contributed by atoms with Gasteiger partial charge in [-0.1, -0.05) is 61.6 Å². The second kappa shape index (κ2) is 4.48. The van der Waals surface area contributed by atoms with E-state index in [0.717, 1.165) is 0 Å². The average Bonchev–Trinajstić information content (AvgIpc) is 2.29. The Bertz CT molecular complexity index is 359. The minimum absolute atomic E-state index is 0.366. The van der Waals surface area contributed by atoms with Gasteiger partial charge in [-0.05, 0) is 30.2 Å². The van der Waals surface area contributed by atoms with Crippen LogP contribution in [0.15, 0.2) is 54.6 Å². The lowest BCUT2D eigenvalue weighted by molar-refractivity contribution is 0.394. The maximum Gasteiger partial charge on any atom is -0.0106 e. The molecule has 0 aliphatic heterocycles. The van der Waals surface area contributed by atoms with E-state index < -0.39 is 0 Å². The third kappa shape index (κ3) is 2.82. The Morgan fingerprint density at radius 2 is 1.93 bits per heavy atom. The number of hydrogen-bond acceptors (Lipinski definition) is 0. The van der Waals surface area contributed by atoms with Crippen molar-refractivity contribution in [1.82, 2.24) is 0 Å². The molecule has 0 saturated carbocycles. The van der Waals surface area contributed by atoms with Crippen LogP contribution in [0, 0.1) is 5.41 Å². The van der Waals surface area contributed by atoms with Crippen LogP contribution in [-0.4, -0.2) is 0 Å². The smallest absolute Gasteiger partial charge is 0.0106 e. The highest BCUT2D eigenvalue weighted by molar-refractivity contribution is 5.18. The molecule has 2 rings (SSSR count). The van der Waals surface area contributed by atoms with E-state index in [-0.39, 0.29) is 0 Å². The van der Waals surface area contributed by atoms with Crippen LogP contribution in [0.5, 0.6) is 0 Å². The van der Waals surface area contributed by atoms with Crippen molar-refractivity contribution in [3.05, 3.63) is 60.2 Å². The van der Waals surface area contributed by atoms with Crippen LogP contribution in [0.1, 0.15) is 25.3 Å². The summed E-state index contributed by atoms with van der Waals surface area (Å²) in [5.41, 5.74) is 1.81. The number of hydrogen-bond donors (Lipinski definition) is 0. The first-order chi connectivity index (χ1) is 7.29. The van der Waals surface area contributed by atoms with Gasteiger partial charge in [0.15, 0.2) is 0 Å². The Morgan fingerprint density at radius 3 is 2.60 bits per heavy atom. The third-order valence-electron chi connectivity index (χ3n) is 3.16. The van der Waals surface area contributed by atoms with Crippen molar-refractivity contribution in [2.24, 2.45) is 5.41 Å². The van der Waals surface area contributed by atoms with E-state index in [1.807, 2.05) is 0 Å². The van der Waals surface area contributed by atoms with E-state index in [1.54, 1.807) is 0 Å². The highest BCUT2D eigenvalue weighted by atomic mass is 14.2. The maximum absolute atomic E-state index is 2.34. The monoisotopic (exact) mass is 198 g/mol. The first-order valence-electron chi connectivity index (χ1n) is 5.67. The summed E-state index contributed by atoms with van der Waals surface area (Å²) in [5.74, 6) is 0. The fourth-order valence-electron chi connectivity index (χ4n) is 2.03. The highest BCUT2D eigenvalue weighted by Crippen LogP contribution is 2.32. The second-order valence-corrected chi connectivity index (χ2v) is 4.63. The molecule has 1 unspecified atom stereocenters. The Morgan fingerprint density at radius 1 is 1.13 bits per heavy atom. The van der Waals surface area contributed by atoms with Crippen LogP contribution in [0.2, 0.25) is 0 Å². The molecular formula is C15H18. The molecule has 1 aromatic carbocycles. The lowest BCUT2D eigenvalue weighted by Gasteiger charge is -2.26. The second-order valence-electron chi connectivity index (χ2n) is 4.63. The molecule has 0 nitrogen and oxygen atoms in total. The summed E-state index contributed by atoms with van der Waals surface area (Å²) in [6.07, 6.45) is 12.5. The highest BCUT2D eigenvalue weighted by Gasteiger charge is 2.20. The van der Waals surface area contributed by atoms with Crippen molar-refractivity contribution in [3.8, 4) is 0 Å². The van der Waals surface area contributed by atoms with E-state index in [1.165, 1.54) is 24.8 Å². The Kier molecular flexibility index (Phi) is 3.05. The topological polar surface area (TPSA) is 0 Å². The Balaban J connectivity index is 1.93. The summed E-state index contributed by atoms with van der Waals surface area (Å²) in [4.78, 5) is 0. The van der Waals surface area contributed by atoms with Gasteiger partial charge in [0.2, 0.25) is 0 Å². The first-order valence-corrected chi connectivity index (χ1v) is 5.67.